The van der Waals surface area contributed by atoms with Crippen LogP contribution >= 0.6 is 0 Å². The molecule has 1 N–H and O–H groups in total. The van der Waals surface area contributed by atoms with E-state index in [1.54, 1.807) is 24.3 Å². The Kier molecular flexibility index (Phi) is 7.67. The lowest BCUT2D eigenvalue weighted by atomic mass is 10.1. The highest BCUT2D eigenvalue weighted by molar-refractivity contribution is 7.92. The van der Waals surface area contributed by atoms with Gasteiger partial charge in [0.2, 0.25) is 15.9 Å². The van der Waals surface area contributed by atoms with Gasteiger partial charge in [-0.25, -0.2) is 8.42 Å². The molecule has 146 valence electrons. The molecule has 2 rings (SSSR count). The molecule has 0 aliphatic carbocycles. The van der Waals surface area contributed by atoms with Gasteiger partial charge in [0, 0.05) is 25.6 Å². The van der Waals surface area contributed by atoms with Crippen molar-refractivity contribution in [1.82, 2.24) is 5.32 Å². The van der Waals surface area contributed by atoms with Gasteiger partial charge >= 0.3 is 0 Å². The van der Waals surface area contributed by atoms with Crippen molar-refractivity contribution in [2.45, 2.75) is 19.3 Å². The zero-order valence-electron chi connectivity index (χ0n) is 15.7. The molecule has 0 aromatic heterocycles. The largest absolute Gasteiger partial charge is 0.497 e. The van der Waals surface area contributed by atoms with E-state index in [1.807, 2.05) is 18.2 Å². The lowest BCUT2D eigenvalue weighted by Gasteiger charge is -2.22. The molecule has 0 fully saturated rings. The summed E-state index contributed by atoms with van der Waals surface area (Å²) >= 11 is 0. The molecule has 0 heterocycles. The fourth-order valence-electron chi connectivity index (χ4n) is 2.71. The number of anilines is 1. The quantitative estimate of drug-likeness (QED) is 0.633. The highest BCUT2D eigenvalue weighted by Gasteiger charge is 2.19. The standard InChI is InChI=1S/C20H26N2O4S/c1-26-19-12-6-11-18(16-19)22(27(2,24)25)15-13-20(23)21-14-7-10-17-8-4-3-5-9-17/h3-6,8-9,11-12,16H,7,10,13-15H2,1-2H3,(H,21,23). The van der Waals surface area contributed by atoms with Crippen LogP contribution in [-0.4, -0.2) is 40.8 Å². The van der Waals surface area contributed by atoms with Crippen molar-refractivity contribution in [2.75, 3.05) is 30.8 Å². The number of benzene rings is 2. The number of carbonyl (C=O) groups is 1. The summed E-state index contributed by atoms with van der Waals surface area (Å²) in [7, 11) is -1.98. The van der Waals surface area contributed by atoms with Gasteiger partial charge < -0.3 is 10.1 Å². The molecule has 2 aromatic carbocycles. The molecule has 0 bridgehead atoms. The van der Waals surface area contributed by atoms with Crippen molar-refractivity contribution in [2.24, 2.45) is 0 Å². The summed E-state index contributed by atoms with van der Waals surface area (Å²) in [5.41, 5.74) is 1.71. The highest BCUT2D eigenvalue weighted by Crippen LogP contribution is 2.23. The Morgan fingerprint density at radius 3 is 2.52 bits per heavy atom. The Balaban J connectivity index is 1.84. The third-order valence-corrected chi connectivity index (χ3v) is 5.28. The lowest BCUT2D eigenvalue weighted by molar-refractivity contribution is -0.120. The third-order valence-electron chi connectivity index (χ3n) is 4.09. The number of hydrogen-bond donors (Lipinski definition) is 1. The number of sulfonamides is 1. The number of nitrogens with zero attached hydrogens (tertiary/aromatic N) is 1. The van der Waals surface area contributed by atoms with Gasteiger partial charge in [-0.3, -0.25) is 9.10 Å². The van der Waals surface area contributed by atoms with Crippen molar-refractivity contribution in [3.05, 3.63) is 60.2 Å². The van der Waals surface area contributed by atoms with Gasteiger partial charge in [-0.1, -0.05) is 36.4 Å². The maximum atomic E-state index is 12.1. The number of hydrogen-bond acceptors (Lipinski definition) is 4. The smallest absolute Gasteiger partial charge is 0.232 e. The van der Waals surface area contributed by atoms with E-state index in [-0.39, 0.29) is 18.9 Å². The summed E-state index contributed by atoms with van der Waals surface area (Å²) in [6.07, 6.45) is 2.95. The minimum Gasteiger partial charge on any atom is -0.497 e. The molecule has 0 atom stereocenters. The van der Waals surface area contributed by atoms with Crippen molar-refractivity contribution < 1.29 is 17.9 Å². The zero-order valence-corrected chi connectivity index (χ0v) is 16.5. The highest BCUT2D eigenvalue weighted by atomic mass is 32.2. The summed E-state index contributed by atoms with van der Waals surface area (Å²) in [4.78, 5) is 12.1. The van der Waals surface area contributed by atoms with Gasteiger partial charge in [-0.15, -0.1) is 0 Å². The molecular weight excluding hydrogens is 364 g/mol. The average Bonchev–Trinajstić information content (AvgIpc) is 2.65. The Bertz CT molecular complexity index is 838. The molecule has 1 amide bonds. The molecule has 0 saturated carbocycles. The van der Waals surface area contributed by atoms with Crippen LogP contribution in [0.25, 0.3) is 0 Å². The van der Waals surface area contributed by atoms with Gasteiger partial charge in [0.25, 0.3) is 0 Å². The van der Waals surface area contributed by atoms with Gasteiger partial charge in [0.05, 0.1) is 19.1 Å². The molecular formula is C20H26N2O4S. The van der Waals surface area contributed by atoms with E-state index in [0.717, 1.165) is 19.1 Å². The monoisotopic (exact) mass is 390 g/mol. The zero-order chi connectivity index (χ0) is 19.7. The van der Waals surface area contributed by atoms with E-state index in [4.69, 9.17) is 4.74 Å². The first kappa shape index (κ1) is 20.8. The fraction of sp³-hybridized carbons (Fsp3) is 0.350. The lowest BCUT2D eigenvalue weighted by Crippen LogP contribution is -2.35. The minimum atomic E-state index is -3.50. The predicted octanol–water partition coefficient (Wildman–Crippen LogP) is 2.60. The maximum Gasteiger partial charge on any atom is 0.232 e. The molecule has 0 aliphatic rings. The number of carbonyl (C=O) groups excluding carboxylic acids is 1. The first-order chi connectivity index (χ1) is 12.9. The SMILES string of the molecule is COc1cccc(N(CCC(=O)NCCCc2ccccc2)S(C)(=O)=O)c1. The van der Waals surface area contributed by atoms with Crippen molar-refractivity contribution in [3.8, 4) is 5.75 Å². The number of amides is 1. The molecule has 2 aromatic rings. The van der Waals surface area contributed by atoms with Crippen LogP contribution in [0.5, 0.6) is 5.75 Å². The summed E-state index contributed by atoms with van der Waals surface area (Å²) < 4.78 is 30.6. The number of nitrogens with one attached hydrogen (secondary N) is 1. The van der Waals surface area contributed by atoms with Crippen LogP contribution in [0.2, 0.25) is 0 Å². The van der Waals surface area contributed by atoms with Crippen molar-refractivity contribution in [3.63, 3.8) is 0 Å². The van der Waals surface area contributed by atoms with Crippen molar-refractivity contribution >= 4 is 21.6 Å². The van der Waals surface area contributed by atoms with Crippen LogP contribution in [0.1, 0.15) is 18.4 Å². The van der Waals surface area contributed by atoms with Crippen molar-refractivity contribution in [1.29, 1.82) is 0 Å². The summed E-state index contributed by atoms with van der Waals surface area (Å²) in [5, 5.41) is 2.85. The minimum absolute atomic E-state index is 0.0799. The normalized spacial score (nSPS) is 11.0. The molecule has 0 unspecified atom stereocenters. The van der Waals surface area contributed by atoms with Gasteiger partial charge in [0.1, 0.15) is 5.75 Å². The molecule has 0 spiro atoms. The van der Waals surface area contributed by atoms with E-state index in [1.165, 1.54) is 17.0 Å². The van der Waals surface area contributed by atoms with E-state index < -0.39 is 10.0 Å². The van der Waals surface area contributed by atoms with Crippen LogP contribution in [0.3, 0.4) is 0 Å². The van der Waals surface area contributed by atoms with E-state index in [9.17, 15) is 13.2 Å². The second-order valence-electron chi connectivity index (χ2n) is 6.23. The molecule has 27 heavy (non-hydrogen) atoms. The Morgan fingerprint density at radius 2 is 1.85 bits per heavy atom. The maximum absolute atomic E-state index is 12.1. The molecule has 0 radical (unpaired) electrons. The fourth-order valence-corrected chi connectivity index (χ4v) is 3.63. The van der Waals surface area contributed by atoms with E-state index in [2.05, 4.69) is 17.4 Å². The Morgan fingerprint density at radius 1 is 1.11 bits per heavy atom. The summed E-state index contributed by atoms with van der Waals surface area (Å²) in [6, 6.07) is 16.8. The number of rotatable bonds is 10. The van der Waals surface area contributed by atoms with Crippen LogP contribution in [0.15, 0.2) is 54.6 Å². The number of aryl methyl sites for hydroxylation is 1. The second-order valence-corrected chi connectivity index (χ2v) is 8.13. The average molecular weight is 391 g/mol. The van der Waals surface area contributed by atoms with Gasteiger partial charge in [-0.2, -0.15) is 0 Å². The van der Waals surface area contributed by atoms with Crippen LogP contribution in [0.4, 0.5) is 5.69 Å². The summed E-state index contributed by atoms with van der Waals surface area (Å²) in [6.45, 7) is 0.641. The molecule has 0 saturated heterocycles. The first-order valence-corrected chi connectivity index (χ1v) is 10.7. The first-order valence-electron chi connectivity index (χ1n) is 8.82. The molecule has 6 nitrogen and oxygen atoms in total. The Labute approximate surface area is 161 Å². The van der Waals surface area contributed by atoms with E-state index in [0.29, 0.717) is 18.0 Å². The number of methoxy groups -OCH3 is 1. The topological polar surface area (TPSA) is 75.7 Å². The van der Waals surface area contributed by atoms with Crippen LogP contribution < -0.4 is 14.4 Å². The summed E-state index contributed by atoms with van der Waals surface area (Å²) in [5.74, 6) is 0.395. The predicted molar refractivity (Wildman–Crippen MR) is 108 cm³/mol. The molecule has 0 aliphatic heterocycles. The Hall–Kier alpha value is -2.54. The number of ether oxygens (including phenoxy) is 1. The van der Waals surface area contributed by atoms with Crippen LogP contribution in [0, 0.1) is 0 Å². The van der Waals surface area contributed by atoms with Gasteiger partial charge in [-0.05, 0) is 30.5 Å². The van der Waals surface area contributed by atoms with E-state index >= 15 is 0 Å². The molecule has 7 heteroatoms. The van der Waals surface area contributed by atoms with Crippen LogP contribution in [-0.2, 0) is 21.2 Å². The van der Waals surface area contributed by atoms with Gasteiger partial charge in [0.15, 0.2) is 0 Å². The second kappa shape index (κ2) is 9.97. The third kappa shape index (κ3) is 6.94.